The van der Waals surface area contributed by atoms with E-state index in [0.717, 1.165) is 4.90 Å². The van der Waals surface area contributed by atoms with Crippen LogP contribution >= 0.6 is 11.6 Å². The van der Waals surface area contributed by atoms with Gasteiger partial charge in [0.25, 0.3) is 5.91 Å². The van der Waals surface area contributed by atoms with Crippen molar-refractivity contribution in [3.05, 3.63) is 34.9 Å². The largest absolute Gasteiger partial charge is 0.419 e. The number of carbonyl (C=O) groups excluding carboxylic acids is 2. The van der Waals surface area contributed by atoms with Gasteiger partial charge >= 0.3 is 6.18 Å². The van der Waals surface area contributed by atoms with Gasteiger partial charge in [-0.2, -0.15) is 13.2 Å². The van der Waals surface area contributed by atoms with Gasteiger partial charge in [0.2, 0.25) is 5.91 Å². The van der Waals surface area contributed by atoms with Crippen LogP contribution in [0.2, 0.25) is 5.02 Å². The molecular weight excluding hydrogens is 385 g/mol. The number of carbonyl (C=O) groups is 2. The monoisotopic (exact) mass is 406 g/mol. The van der Waals surface area contributed by atoms with Gasteiger partial charge < -0.3 is 15.3 Å². The Morgan fingerprint density at radius 3 is 2.37 bits per heavy atom. The fourth-order valence-corrected chi connectivity index (χ4v) is 3.10. The van der Waals surface area contributed by atoms with E-state index in [1.807, 2.05) is 13.8 Å². The quantitative estimate of drug-likeness (QED) is 0.789. The number of hydrogen-bond donors (Lipinski definition) is 2. The number of aliphatic hydroxyl groups is 1. The first-order valence-electron chi connectivity index (χ1n) is 8.57. The molecule has 5 nitrogen and oxygen atoms in total. The number of likely N-dealkylation sites (tertiary alicyclic amines) is 1. The number of nitrogens with one attached hydrogen (secondary N) is 1. The van der Waals surface area contributed by atoms with Gasteiger partial charge in [0.15, 0.2) is 5.60 Å². The number of rotatable bonds is 5. The van der Waals surface area contributed by atoms with Crippen molar-refractivity contribution in [2.24, 2.45) is 5.92 Å². The summed E-state index contributed by atoms with van der Waals surface area (Å²) in [6.45, 7) is 2.62. The summed E-state index contributed by atoms with van der Waals surface area (Å²) in [5.74, 6) is -1.13. The summed E-state index contributed by atoms with van der Waals surface area (Å²) < 4.78 is 39.0. The minimum absolute atomic E-state index is 0.0218. The summed E-state index contributed by atoms with van der Waals surface area (Å²) in [4.78, 5) is 26.1. The van der Waals surface area contributed by atoms with Crippen LogP contribution in [0.25, 0.3) is 0 Å². The van der Waals surface area contributed by atoms with Crippen molar-refractivity contribution in [3.63, 3.8) is 0 Å². The number of amides is 2. The van der Waals surface area contributed by atoms with Crippen LogP contribution in [-0.4, -0.2) is 52.7 Å². The van der Waals surface area contributed by atoms with Gasteiger partial charge in [0.1, 0.15) is 6.04 Å². The van der Waals surface area contributed by atoms with Crippen LogP contribution in [0.4, 0.5) is 13.2 Å². The smallest absolute Gasteiger partial charge is 0.379 e. The molecule has 9 heteroatoms. The van der Waals surface area contributed by atoms with Gasteiger partial charge in [-0.05, 0) is 36.6 Å². The summed E-state index contributed by atoms with van der Waals surface area (Å²) in [7, 11) is 0. The van der Waals surface area contributed by atoms with Gasteiger partial charge in [-0.15, -0.1) is 0 Å². The van der Waals surface area contributed by atoms with Gasteiger partial charge in [-0.1, -0.05) is 25.4 Å². The predicted molar refractivity (Wildman–Crippen MR) is 94.4 cm³/mol. The number of nitrogens with zero attached hydrogens (tertiary/aromatic N) is 1. The van der Waals surface area contributed by atoms with E-state index in [1.165, 1.54) is 24.3 Å². The molecule has 27 heavy (non-hydrogen) atoms. The second-order valence-electron chi connectivity index (χ2n) is 7.20. The van der Waals surface area contributed by atoms with Crippen LogP contribution < -0.4 is 5.32 Å². The molecule has 2 N–H and O–H groups in total. The minimum Gasteiger partial charge on any atom is -0.379 e. The van der Waals surface area contributed by atoms with E-state index >= 15 is 0 Å². The molecule has 1 aliphatic rings. The first-order chi connectivity index (χ1) is 12.4. The molecule has 0 spiro atoms. The molecule has 150 valence electrons. The molecule has 0 radical (unpaired) electrons. The minimum atomic E-state index is -4.82. The number of benzene rings is 1. The summed E-state index contributed by atoms with van der Waals surface area (Å²) in [5, 5.41) is 12.8. The lowest BCUT2D eigenvalue weighted by Crippen LogP contribution is -2.52. The SMILES string of the molecule is CC(C)CC(NC(=O)c1ccc(Cl)cc1)C(=O)N1CCC(O)(C(F)(F)F)C1. The Morgan fingerprint density at radius 1 is 1.30 bits per heavy atom. The molecule has 0 bridgehead atoms. The third-order valence-electron chi connectivity index (χ3n) is 4.50. The molecule has 0 aliphatic carbocycles. The molecule has 0 aromatic heterocycles. The average Bonchev–Trinajstić information content (AvgIpc) is 2.97. The highest BCUT2D eigenvalue weighted by molar-refractivity contribution is 6.30. The molecule has 1 aliphatic heterocycles. The first-order valence-corrected chi connectivity index (χ1v) is 8.95. The highest BCUT2D eigenvalue weighted by atomic mass is 35.5. The van der Waals surface area contributed by atoms with Crippen LogP contribution in [0.3, 0.4) is 0 Å². The van der Waals surface area contributed by atoms with Crippen LogP contribution in [0, 0.1) is 5.92 Å². The van der Waals surface area contributed by atoms with E-state index < -0.39 is 42.6 Å². The molecule has 2 rings (SSSR count). The third kappa shape index (κ3) is 5.13. The third-order valence-corrected chi connectivity index (χ3v) is 4.76. The normalized spacial score (nSPS) is 21.4. The van der Waals surface area contributed by atoms with Crippen molar-refractivity contribution in [1.82, 2.24) is 10.2 Å². The molecule has 2 amide bonds. The number of halogens is 4. The summed E-state index contributed by atoms with van der Waals surface area (Å²) in [5.41, 5.74) is -2.63. The standard InChI is InChI=1S/C18H22ClF3N2O3/c1-11(2)9-14(23-15(25)12-3-5-13(19)6-4-12)16(26)24-8-7-17(27,10-24)18(20,21)22/h3-6,11,14,27H,7-10H2,1-2H3,(H,23,25). The zero-order valence-electron chi connectivity index (χ0n) is 15.0. The molecule has 1 aromatic carbocycles. The Balaban J connectivity index is 2.12. The second kappa shape index (κ2) is 8.06. The average molecular weight is 407 g/mol. The summed E-state index contributed by atoms with van der Waals surface area (Å²) >= 11 is 5.78. The van der Waals surface area contributed by atoms with Gasteiger partial charge in [-0.25, -0.2) is 0 Å². The molecule has 1 fully saturated rings. The van der Waals surface area contributed by atoms with Crippen molar-refractivity contribution >= 4 is 23.4 Å². The topological polar surface area (TPSA) is 69.6 Å². The summed E-state index contributed by atoms with van der Waals surface area (Å²) in [6, 6.07) is 5.06. The predicted octanol–water partition coefficient (Wildman–Crippen LogP) is 3.01. The fourth-order valence-electron chi connectivity index (χ4n) is 2.97. The maximum Gasteiger partial charge on any atom is 0.419 e. The second-order valence-corrected chi connectivity index (χ2v) is 7.64. The Kier molecular flexibility index (Phi) is 6.42. The highest BCUT2D eigenvalue weighted by Gasteiger charge is 2.58. The van der Waals surface area contributed by atoms with E-state index in [9.17, 15) is 27.9 Å². The van der Waals surface area contributed by atoms with Crippen LogP contribution in [-0.2, 0) is 4.79 Å². The maximum absolute atomic E-state index is 13.0. The molecule has 1 aromatic rings. The van der Waals surface area contributed by atoms with Crippen molar-refractivity contribution in [2.45, 2.75) is 44.5 Å². The molecular formula is C18H22ClF3N2O3. The number of β-amino-alcohol motifs (C(OH)–C–C–N with tert-alkyl or cyclic N) is 1. The van der Waals surface area contributed by atoms with Crippen LogP contribution in [0.1, 0.15) is 37.0 Å². The van der Waals surface area contributed by atoms with Crippen LogP contribution in [0.15, 0.2) is 24.3 Å². The summed E-state index contributed by atoms with van der Waals surface area (Å²) in [6.07, 6.45) is -5.14. The Hall–Kier alpha value is -1.80. The van der Waals surface area contributed by atoms with Crippen LogP contribution in [0.5, 0.6) is 0 Å². The zero-order valence-corrected chi connectivity index (χ0v) is 15.8. The fraction of sp³-hybridized carbons (Fsp3) is 0.556. The van der Waals surface area contributed by atoms with Gasteiger partial charge in [0.05, 0.1) is 6.54 Å². The zero-order chi connectivity index (χ0) is 20.4. The molecule has 0 saturated carbocycles. The lowest BCUT2D eigenvalue weighted by molar-refractivity contribution is -0.253. The van der Waals surface area contributed by atoms with Gasteiger partial charge in [-0.3, -0.25) is 9.59 Å². The molecule has 1 saturated heterocycles. The molecule has 2 atom stereocenters. The lowest BCUT2D eigenvalue weighted by atomic mass is 10.0. The van der Waals surface area contributed by atoms with E-state index in [0.29, 0.717) is 5.02 Å². The van der Waals surface area contributed by atoms with E-state index in [4.69, 9.17) is 11.6 Å². The van der Waals surface area contributed by atoms with Crippen molar-refractivity contribution in [2.75, 3.05) is 13.1 Å². The molecule has 2 unspecified atom stereocenters. The lowest BCUT2D eigenvalue weighted by Gasteiger charge is -2.28. The van der Waals surface area contributed by atoms with E-state index in [2.05, 4.69) is 5.32 Å². The maximum atomic E-state index is 13.0. The van der Waals surface area contributed by atoms with Crippen molar-refractivity contribution in [1.29, 1.82) is 0 Å². The number of hydrogen-bond acceptors (Lipinski definition) is 3. The van der Waals surface area contributed by atoms with Crippen molar-refractivity contribution in [3.8, 4) is 0 Å². The van der Waals surface area contributed by atoms with E-state index in [1.54, 1.807) is 0 Å². The number of alkyl halides is 3. The highest BCUT2D eigenvalue weighted by Crippen LogP contribution is 2.37. The van der Waals surface area contributed by atoms with Crippen molar-refractivity contribution < 1.29 is 27.9 Å². The first kappa shape index (κ1) is 21.5. The van der Waals surface area contributed by atoms with E-state index in [-0.39, 0.29) is 24.4 Å². The van der Waals surface area contributed by atoms with Gasteiger partial charge in [0, 0.05) is 23.6 Å². The Labute approximate surface area is 160 Å². The Morgan fingerprint density at radius 2 is 1.89 bits per heavy atom. The Bertz CT molecular complexity index is 694. The molecule has 1 heterocycles.